The number of carbonyl (C=O) groups excluding carboxylic acids is 2. The van der Waals surface area contributed by atoms with Gasteiger partial charge in [0.25, 0.3) is 11.7 Å². The number of morpholine rings is 1. The number of hydrogen-bond donors (Lipinski definition) is 1. The van der Waals surface area contributed by atoms with Crippen LogP contribution < -0.4 is 0 Å². The van der Waals surface area contributed by atoms with E-state index in [1.807, 2.05) is 26.0 Å². The van der Waals surface area contributed by atoms with E-state index in [-0.39, 0.29) is 17.9 Å². The molecule has 0 aromatic heterocycles. The summed E-state index contributed by atoms with van der Waals surface area (Å²) in [7, 11) is 0. The summed E-state index contributed by atoms with van der Waals surface area (Å²) in [4.78, 5) is 29.8. The number of hydrogen-bond acceptors (Lipinski definition) is 5. The third-order valence-electron chi connectivity index (χ3n) is 6.11. The molecule has 0 bridgehead atoms. The lowest BCUT2D eigenvalue weighted by Crippen LogP contribution is -2.42. The first kappa shape index (κ1) is 22.2. The first-order valence-corrected chi connectivity index (χ1v) is 10.8. The number of aryl methyl sites for hydroxylation is 2. The minimum Gasteiger partial charge on any atom is -0.507 e. The van der Waals surface area contributed by atoms with Gasteiger partial charge in [-0.05, 0) is 43.2 Å². The van der Waals surface area contributed by atoms with Gasteiger partial charge in [0.15, 0.2) is 0 Å². The molecule has 2 saturated heterocycles. The molecule has 2 aromatic rings. The molecule has 2 aliphatic heterocycles. The zero-order valence-corrected chi connectivity index (χ0v) is 18.3. The average molecular weight is 438 g/mol. The Balaban J connectivity index is 1.78. The third-order valence-corrected chi connectivity index (χ3v) is 6.11. The highest BCUT2D eigenvalue weighted by Gasteiger charge is 2.46. The molecular weight excluding hydrogens is 411 g/mol. The van der Waals surface area contributed by atoms with E-state index in [1.165, 1.54) is 17.0 Å². The predicted molar refractivity (Wildman–Crippen MR) is 119 cm³/mol. The molecule has 0 spiro atoms. The first-order chi connectivity index (χ1) is 15.4. The zero-order chi connectivity index (χ0) is 22.8. The van der Waals surface area contributed by atoms with Crippen LogP contribution in [0.1, 0.15) is 28.3 Å². The molecule has 1 amide bonds. The maximum atomic E-state index is 14.1. The molecule has 7 heteroatoms. The van der Waals surface area contributed by atoms with Crippen molar-refractivity contribution in [3.63, 3.8) is 0 Å². The van der Waals surface area contributed by atoms with E-state index in [0.717, 1.165) is 24.2 Å². The normalized spacial score (nSPS) is 21.3. The number of amides is 1. The Morgan fingerprint density at radius 1 is 1.09 bits per heavy atom. The Morgan fingerprint density at radius 3 is 2.56 bits per heavy atom. The highest BCUT2D eigenvalue weighted by atomic mass is 19.1. The Morgan fingerprint density at radius 2 is 1.84 bits per heavy atom. The van der Waals surface area contributed by atoms with Crippen molar-refractivity contribution in [2.45, 2.75) is 19.9 Å². The minimum atomic E-state index is -0.855. The standard InChI is InChI=1S/C25H27FN2O4/c1-16-6-7-17(2)20(14-16)23(29)21-22(18-4-3-5-19(26)15-18)28(25(31)24(21)30)9-8-27-10-12-32-13-11-27/h3-7,14-15,22,29H,8-13H2,1-2H3/b23-21+. The molecule has 0 saturated carbocycles. The van der Waals surface area contributed by atoms with Crippen molar-refractivity contribution < 1.29 is 23.8 Å². The lowest BCUT2D eigenvalue weighted by molar-refractivity contribution is -0.140. The summed E-state index contributed by atoms with van der Waals surface area (Å²) in [5.41, 5.74) is 2.65. The van der Waals surface area contributed by atoms with Gasteiger partial charge in [-0.15, -0.1) is 0 Å². The minimum absolute atomic E-state index is 0.00345. The van der Waals surface area contributed by atoms with E-state index >= 15 is 0 Å². The average Bonchev–Trinajstić information content (AvgIpc) is 3.04. The number of carbonyl (C=O) groups is 2. The number of aliphatic hydroxyl groups excluding tert-OH is 1. The lowest BCUT2D eigenvalue weighted by atomic mass is 9.93. The van der Waals surface area contributed by atoms with Gasteiger partial charge in [0.2, 0.25) is 0 Å². The fourth-order valence-corrected chi connectivity index (χ4v) is 4.34. The molecule has 168 valence electrons. The second kappa shape index (κ2) is 9.22. The van der Waals surface area contributed by atoms with Crippen molar-refractivity contribution in [2.24, 2.45) is 0 Å². The number of ether oxygens (including phenoxy) is 1. The summed E-state index contributed by atoms with van der Waals surface area (Å²) < 4.78 is 19.5. The van der Waals surface area contributed by atoms with Crippen LogP contribution in [-0.4, -0.2) is 66.0 Å². The molecule has 4 rings (SSSR count). The van der Waals surface area contributed by atoms with E-state index in [4.69, 9.17) is 4.74 Å². The van der Waals surface area contributed by atoms with Crippen LogP contribution in [0.4, 0.5) is 4.39 Å². The van der Waals surface area contributed by atoms with Gasteiger partial charge in [0.1, 0.15) is 11.6 Å². The molecule has 1 N–H and O–H groups in total. The summed E-state index contributed by atoms with van der Waals surface area (Å²) in [5, 5.41) is 11.2. The molecular formula is C25H27FN2O4. The quantitative estimate of drug-likeness (QED) is 0.441. The van der Waals surface area contributed by atoms with E-state index in [9.17, 15) is 19.1 Å². The van der Waals surface area contributed by atoms with Crippen molar-refractivity contribution in [2.75, 3.05) is 39.4 Å². The van der Waals surface area contributed by atoms with Gasteiger partial charge >= 0.3 is 0 Å². The maximum Gasteiger partial charge on any atom is 0.295 e. The number of benzene rings is 2. The Bertz CT molecular complexity index is 1080. The van der Waals surface area contributed by atoms with Gasteiger partial charge in [-0.2, -0.15) is 0 Å². The Labute approximate surface area is 186 Å². The number of halogens is 1. The van der Waals surface area contributed by atoms with E-state index in [2.05, 4.69) is 4.90 Å². The highest BCUT2D eigenvalue weighted by molar-refractivity contribution is 6.46. The number of aliphatic hydroxyl groups is 1. The molecule has 0 radical (unpaired) electrons. The monoisotopic (exact) mass is 438 g/mol. The molecule has 6 nitrogen and oxygen atoms in total. The van der Waals surface area contributed by atoms with Crippen LogP contribution >= 0.6 is 0 Å². The summed E-state index contributed by atoms with van der Waals surface area (Å²) in [5.74, 6) is -2.13. The molecule has 2 aliphatic rings. The largest absolute Gasteiger partial charge is 0.507 e. The van der Waals surface area contributed by atoms with E-state index in [1.54, 1.807) is 18.2 Å². The first-order valence-electron chi connectivity index (χ1n) is 10.8. The van der Waals surface area contributed by atoms with Crippen LogP contribution in [-0.2, 0) is 14.3 Å². The van der Waals surface area contributed by atoms with Crippen molar-refractivity contribution in [1.29, 1.82) is 0 Å². The van der Waals surface area contributed by atoms with E-state index in [0.29, 0.717) is 30.9 Å². The van der Waals surface area contributed by atoms with Crippen LogP contribution in [0.3, 0.4) is 0 Å². The molecule has 2 aromatic carbocycles. The molecule has 2 heterocycles. The number of Topliss-reactive ketones (excluding diaryl/α,β-unsaturated/α-hetero) is 1. The van der Waals surface area contributed by atoms with Gasteiger partial charge in [0, 0.05) is 31.7 Å². The molecule has 2 fully saturated rings. The van der Waals surface area contributed by atoms with Crippen molar-refractivity contribution >= 4 is 17.4 Å². The fraction of sp³-hybridized carbons (Fsp3) is 0.360. The molecule has 0 aliphatic carbocycles. The van der Waals surface area contributed by atoms with Crippen LogP contribution in [0.5, 0.6) is 0 Å². The molecule has 1 atom stereocenters. The lowest BCUT2D eigenvalue weighted by Gasteiger charge is -2.31. The second-order valence-electron chi connectivity index (χ2n) is 8.32. The van der Waals surface area contributed by atoms with Crippen LogP contribution in [0, 0.1) is 19.7 Å². The Hall–Kier alpha value is -3.03. The van der Waals surface area contributed by atoms with Crippen LogP contribution in [0.2, 0.25) is 0 Å². The van der Waals surface area contributed by atoms with Crippen LogP contribution in [0.15, 0.2) is 48.0 Å². The molecule has 1 unspecified atom stereocenters. The SMILES string of the molecule is Cc1ccc(C)c(/C(O)=C2\C(=O)C(=O)N(CCN3CCOCC3)C2c2cccc(F)c2)c1. The highest BCUT2D eigenvalue weighted by Crippen LogP contribution is 2.40. The number of likely N-dealkylation sites (tertiary alicyclic amines) is 1. The number of rotatable bonds is 5. The summed E-state index contributed by atoms with van der Waals surface area (Å²) in [6.07, 6.45) is 0. The number of nitrogens with zero attached hydrogens (tertiary/aromatic N) is 2. The third kappa shape index (κ3) is 4.31. The van der Waals surface area contributed by atoms with Crippen LogP contribution in [0.25, 0.3) is 5.76 Å². The molecule has 32 heavy (non-hydrogen) atoms. The summed E-state index contributed by atoms with van der Waals surface area (Å²) in [6, 6.07) is 10.6. The van der Waals surface area contributed by atoms with Crippen molar-refractivity contribution in [3.05, 3.63) is 76.1 Å². The summed E-state index contributed by atoms with van der Waals surface area (Å²) >= 11 is 0. The van der Waals surface area contributed by atoms with Gasteiger partial charge in [-0.25, -0.2) is 4.39 Å². The maximum absolute atomic E-state index is 14.1. The van der Waals surface area contributed by atoms with Gasteiger partial charge in [0.05, 0.1) is 24.8 Å². The van der Waals surface area contributed by atoms with Gasteiger partial charge in [-0.1, -0.05) is 29.8 Å². The second-order valence-corrected chi connectivity index (χ2v) is 8.32. The Kier molecular flexibility index (Phi) is 6.39. The van der Waals surface area contributed by atoms with Crippen molar-refractivity contribution in [3.8, 4) is 0 Å². The topological polar surface area (TPSA) is 70.1 Å². The van der Waals surface area contributed by atoms with Gasteiger partial charge in [-0.3, -0.25) is 14.5 Å². The van der Waals surface area contributed by atoms with E-state index < -0.39 is 23.5 Å². The smallest absolute Gasteiger partial charge is 0.295 e. The zero-order valence-electron chi connectivity index (χ0n) is 18.3. The van der Waals surface area contributed by atoms with Crippen molar-refractivity contribution in [1.82, 2.24) is 9.80 Å². The number of ketones is 1. The van der Waals surface area contributed by atoms with Gasteiger partial charge < -0.3 is 14.7 Å². The summed E-state index contributed by atoms with van der Waals surface area (Å²) in [6.45, 7) is 7.31. The fourth-order valence-electron chi connectivity index (χ4n) is 4.34. The predicted octanol–water partition coefficient (Wildman–Crippen LogP) is 3.20.